The fraction of sp³-hybridized carbons (Fsp3) is 0.306. The predicted molar refractivity (Wildman–Crippen MR) is 218 cm³/mol. The number of Topliss-reactive ketones (excluding diaryl/α,β-unsaturated/α-hetero) is 1. The number of rotatable bonds is 8. The summed E-state index contributed by atoms with van der Waals surface area (Å²) in [5.74, 6) is -3.16. The van der Waals surface area contributed by atoms with Gasteiger partial charge in [-0.25, -0.2) is 0 Å². The summed E-state index contributed by atoms with van der Waals surface area (Å²) in [6, 6.07) is 34.2. The van der Waals surface area contributed by atoms with E-state index in [4.69, 9.17) is 4.74 Å². The highest BCUT2D eigenvalue weighted by atomic mass is 16.5. The molecular formula is C49H46N2O6. The maximum Gasteiger partial charge on any atom is 0.233 e. The van der Waals surface area contributed by atoms with Gasteiger partial charge in [-0.3, -0.25) is 29.0 Å². The van der Waals surface area contributed by atoms with Crippen LogP contribution in [0.2, 0.25) is 0 Å². The number of likely N-dealkylation sites (tertiary alicyclic amines) is 2. The number of fused-ring (bicyclic) bond motifs is 4. The van der Waals surface area contributed by atoms with Crippen molar-refractivity contribution < 1.29 is 29.0 Å². The normalized spacial score (nSPS) is 27.8. The average molecular weight is 759 g/mol. The van der Waals surface area contributed by atoms with Gasteiger partial charge in [0.05, 0.1) is 24.4 Å². The lowest BCUT2D eigenvalue weighted by molar-refractivity contribution is -0.144. The number of hydrogen-bond donors (Lipinski definition) is 1. The first kappa shape index (κ1) is 36.8. The number of phenols is 1. The average Bonchev–Trinajstić information content (AvgIpc) is 3.51. The van der Waals surface area contributed by atoms with Crippen LogP contribution in [0.3, 0.4) is 0 Å². The number of nitrogens with zero attached hydrogens (tertiary/aromatic N) is 2. The van der Waals surface area contributed by atoms with Crippen molar-refractivity contribution in [3.63, 3.8) is 0 Å². The number of phenolic OH excluding ortho intramolecular Hbond substituents is 1. The number of carbonyl (C=O) groups excluding carboxylic acids is 4. The number of imide groups is 1. The zero-order valence-corrected chi connectivity index (χ0v) is 32.0. The molecule has 2 saturated heterocycles. The van der Waals surface area contributed by atoms with Crippen LogP contribution in [0.4, 0.5) is 0 Å². The smallest absolute Gasteiger partial charge is 0.233 e. The Kier molecular flexibility index (Phi) is 9.61. The van der Waals surface area contributed by atoms with Crippen LogP contribution < -0.4 is 4.74 Å². The van der Waals surface area contributed by atoms with Gasteiger partial charge >= 0.3 is 0 Å². The fourth-order valence-corrected chi connectivity index (χ4v) is 10.7. The van der Waals surface area contributed by atoms with E-state index in [2.05, 4.69) is 23.1 Å². The Labute approximate surface area is 333 Å². The molecule has 2 aliphatic heterocycles. The van der Waals surface area contributed by atoms with E-state index in [1.807, 2.05) is 91.0 Å². The number of aromatic hydroxyl groups is 1. The van der Waals surface area contributed by atoms with E-state index < -0.39 is 35.0 Å². The molecule has 4 aromatic carbocycles. The fourth-order valence-electron chi connectivity index (χ4n) is 10.7. The molecule has 0 radical (unpaired) electrons. The molecule has 0 bridgehead atoms. The number of methoxy groups -OCH3 is 1. The van der Waals surface area contributed by atoms with Crippen molar-refractivity contribution in [2.75, 3.05) is 20.2 Å². The van der Waals surface area contributed by atoms with Gasteiger partial charge in [-0.15, -0.1) is 0 Å². The monoisotopic (exact) mass is 758 g/mol. The summed E-state index contributed by atoms with van der Waals surface area (Å²) in [4.78, 5) is 63.5. The summed E-state index contributed by atoms with van der Waals surface area (Å²) < 4.78 is 5.41. The van der Waals surface area contributed by atoms with Crippen molar-refractivity contribution in [1.82, 2.24) is 9.80 Å². The van der Waals surface area contributed by atoms with Crippen molar-refractivity contribution in [3.8, 4) is 11.5 Å². The third kappa shape index (κ3) is 6.18. The molecule has 8 nitrogen and oxygen atoms in total. The summed E-state index contributed by atoms with van der Waals surface area (Å²) in [5, 5.41) is 10.3. The maximum absolute atomic E-state index is 15.2. The quantitative estimate of drug-likeness (QED) is 0.147. The summed E-state index contributed by atoms with van der Waals surface area (Å²) in [5.41, 5.74) is 3.42. The van der Waals surface area contributed by atoms with E-state index in [9.17, 15) is 14.7 Å². The summed E-state index contributed by atoms with van der Waals surface area (Å²) in [7, 11) is 1.49. The summed E-state index contributed by atoms with van der Waals surface area (Å²) in [6.07, 6.45) is 9.65. The highest BCUT2D eigenvalue weighted by molar-refractivity contribution is 6.31. The van der Waals surface area contributed by atoms with Crippen LogP contribution in [0.5, 0.6) is 11.5 Å². The van der Waals surface area contributed by atoms with Gasteiger partial charge in [-0.05, 0) is 72.1 Å². The molecule has 2 heterocycles. The second-order valence-corrected chi connectivity index (χ2v) is 16.2. The molecule has 6 atom stereocenters. The van der Waals surface area contributed by atoms with Crippen molar-refractivity contribution in [3.05, 3.63) is 155 Å². The molecule has 3 fully saturated rings. The number of ether oxygens (including phenoxy) is 1. The number of amides is 2. The first-order valence-electron chi connectivity index (χ1n) is 20.1. The Morgan fingerprint density at radius 2 is 1.51 bits per heavy atom. The van der Waals surface area contributed by atoms with Crippen molar-refractivity contribution in [2.45, 2.75) is 43.7 Å². The zero-order chi connectivity index (χ0) is 39.3. The molecule has 1 N–H and O–H groups in total. The van der Waals surface area contributed by atoms with E-state index in [0.29, 0.717) is 36.1 Å². The second-order valence-electron chi connectivity index (χ2n) is 16.2. The number of ketones is 2. The number of carbonyl (C=O) groups is 4. The van der Waals surface area contributed by atoms with E-state index in [-0.39, 0.29) is 41.6 Å². The van der Waals surface area contributed by atoms with Crippen LogP contribution in [0, 0.1) is 29.6 Å². The van der Waals surface area contributed by atoms with Gasteiger partial charge in [-0.1, -0.05) is 121 Å². The van der Waals surface area contributed by atoms with Gasteiger partial charge in [0.15, 0.2) is 23.1 Å². The highest BCUT2D eigenvalue weighted by Crippen LogP contribution is 2.61. The molecular weight excluding hydrogens is 713 g/mol. The van der Waals surface area contributed by atoms with E-state index in [1.54, 1.807) is 23.1 Å². The van der Waals surface area contributed by atoms with E-state index >= 15 is 9.59 Å². The Morgan fingerprint density at radius 1 is 0.825 bits per heavy atom. The maximum atomic E-state index is 15.2. The van der Waals surface area contributed by atoms with E-state index in [0.717, 1.165) is 36.3 Å². The summed E-state index contributed by atoms with van der Waals surface area (Å²) >= 11 is 0. The first-order valence-corrected chi connectivity index (χ1v) is 20.1. The number of allylic oxidation sites excluding steroid dienone is 5. The van der Waals surface area contributed by atoms with Crippen LogP contribution in [0.15, 0.2) is 133 Å². The topological polar surface area (TPSA) is 104 Å². The molecule has 288 valence electrons. The Hall–Kier alpha value is -5.86. The Bertz CT molecular complexity index is 2310. The first-order chi connectivity index (χ1) is 27.8. The standard InChI is InChI=1S/C49H46N2O6/c1-57-43-27-31(18-22-42(43)52)17-21-40-36-19-20-37-45(48(56)51(47(37)55)35-23-25-50(26-24-35)30-32-11-5-2-6-12-32)39(36)28-41-46(54)38(33-13-7-3-8-14-33)29-44(53)49(40,41)34-15-9-4-10-16-34/h2-19,21-22,27,29,35,37,39-41,45,52H,20,23-26,28,30H2,1H3/t37-,39+,40-,41-,45-,49-/m0/s1. The Morgan fingerprint density at radius 3 is 2.21 bits per heavy atom. The van der Waals surface area contributed by atoms with Gasteiger partial charge < -0.3 is 9.84 Å². The van der Waals surface area contributed by atoms with Crippen molar-refractivity contribution in [2.24, 2.45) is 29.6 Å². The van der Waals surface area contributed by atoms with Crippen LogP contribution in [-0.2, 0) is 31.1 Å². The van der Waals surface area contributed by atoms with Crippen molar-refractivity contribution >= 4 is 35.0 Å². The largest absolute Gasteiger partial charge is 0.504 e. The van der Waals surface area contributed by atoms with Gasteiger partial charge in [0.25, 0.3) is 0 Å². The van der Waals surface area contributed by atoms with Gasteiger partial charge in [0, 0.05) is 43.1 Å². The van der Waals surface area contributed by atoms with Crippen LogP contribution >= 0.6 is 0 Å². The molecule has 5 aliphatic rings. The SMILES string of the molecule is COc1cc(C=C[C@H]2C3=CC[C@@H]4C(=O)N(C5CCN(Cc6ccccc6)CC5)C(=O)[C@@H]4[C@@H]3C[C@H]3C(=O)C(c4ccccc4)=CC(=O)[C@@]23c2ccccc2)ccc1O. The van der Waals surface area contributed by atoms with Gasteiger partial charge in [-0.2, -0.15) is 0 Å². The molecule has 57 heavy (non-hydrogen) atoms. The lowest BCUT2D eigenvalue weighted by Crippen LogP contribution is -2.59. The third-order valence-electron chi connectivity index (χ3n) is 13.3. The minimum Gasteiger partial charge on any atom is -0.504 e. The van der Waals surface area contributed by atoms with Gasteiger partial charge in [0.1, 0.15) is 0 Å². The summed E-state index contributed by atoms with van der Waals surface area (Å²) in [6.45, 7) is 2.42. The Balaban J connectivity index is 1.11. The molecule has 0 unspecified atom stereocenters. The highest BCUT2D eigenvalue weighted by Gasteiger charge is 2.65. The molecule has 8 heteroatoms. The number of hydrogen-bond acceptors (Lipinski definition) is 7. The molecule has 0 aromatic heterocycles. The minimum atomic E-state index is -1.29. The van der Waals surface area contributed by atoms with Gasteiger partial charge in [0.2, 0.25) is 11.8 Å². The molecule has 3 aliphatic carbocycles. The minimum absolute atomic E-state index is 0.0108. The zero-order valence-electron chi connectivity index (χ0n) is 32.0. The van der Waals surface area contributed by atoms with Crippen LogP contribution in [-0.4, -0.2) is 64.5 Å². The lowest BCUT2D eigenvalue weighted by atomic mass is 9.45. The van der Waals surface area contributed by atoms with E-state index in [1.165, 1.54) is 18.7 Å². The molecule has 4 aromatic rings. The predicted octanol–water partition coefficient (Wildman–Crippen LogP) is 7.44. The third-order valence-corrected chi connectivity index (χ3v) is 13.3. The number of benzene rings is 4. The van der Waals surface area contributed by atoms with Crippen LogP contribution in [0.1, 0.15) is 47.9 Å². The number of piperidine rings is 1. The lowest BCUT2D eigenvalue weighted by Gasteiger charge is -2.54. The second kappa shape index (κ2) is 14.9. The molecule has 2 amide bonds. The molecule has 0 spiro atoms. The van der Waals surface area contributed by atoms with Crippen LogP contribution in [0.25, 0.3) is 11.6 Å². The van der Waals surface area contributed by atoms with Crippen molar-refractivity contribution in [1.29, 1.82) is 0 Å². The molecule has 9 rings (SSSR count). The molecule has 1 saturated carbocycles.